The highest BCUT2D eigenvalue weighted by Crippen LogP contribution is 2.21. The van der Waals surface area contributed by atoms with Crippen LogP contribution in [-0.4, -0.2) is 41.1 Å². The third kappa shape index (κ3) is 6.40. The van der Waals surface area contributed by atoms with E-state index in [-0.39, 0.29) is 16.8 Å². The topological polar surface area (TPSA) is 67.2 Å². The van der Waals surface area contributed by atoms with Crippen molar-refractivity contribution in [1.29, 1.82) is 0 Å². The number of hydrogen-bond acceptors (Lipinski definition) is 4. The molecule has 0 aliphatic carbocycles. The molecule has 0 atom stereocenters. The number of nitrogens with one attached hydrogen (secondary N) is 1. The quantitative estimate of drug-likeness (QED) is 0.442. The summed E-state index contributed by atoms with van der Waals surface area (Å²) in [5.74, 6) is 0.189. The number of imidazole rings is 1. The molecule has 0 saturated carbocycles. The molecule has 1 aromatic heterocycles. The van der Waals surface area contributed by atoms with E-state index in [0.29, 0.717) is 31.3 Å². The fourth-order valence-corrected chi connectivity index (χ4v) is 5.02. The van der Waals surface area contributed by atoms with Gasteiger partial charge in [-0.15, -0.1) is 6.58 Å². The van der Waals surface area contributed by atoms with Gasteiger partial charge in [0.05, 0.1) is 24.2 Å². The summed E-state index contributed by atoms with van der Waals surface area (Å²) in [7, 11) is -3.60. The maximum absolute atomic E-state index is 13.2. The zero-order valence-electron chi connectivity index (χ0n) is 18.3. The predicted molar refractivity (Wildman–Crippen MR) is 126 cm³/mol. The van der Waals surface area contributed by atoms with Crippen LogP contribution in [0.3, 0.4) is 0 Å². The molecule has 0 spiro atoms. The van der Waals surface area contributed by atoms with Gasteiger partial charge in [-0.2, -0.15) is 0 Å². The van der Waals surface area contributed by atoms with Crippen LogP contribution >= 0.6 is 12.2 Å². The van der Waals surface area contributed by atoms with Crippen LogP contribution in [0.5, 0.6) is 0 Å². The first-order valence-electron chi connectivity index (χ1n) is 10.1. The molecule has 1 aromatic carbocycles. The van der Waals surface area contributed by atoms with E-state index in [1.165, 1.54) is 0 Å². The molecule has 30 heavy (non-hydrogen) atoms. The largest absolute Gasteiger partial charge is 0.363 e. The normalized spacial score (nSPS) is 11.5. The highest BCUT2D eigenvalue weighted by atomic mass is 32.2. The smallest absolute Gasteiger partial charge is 0.228 e. The Kier molecular flexibility index (Phi) is 8.61. The average molecular weight is 449 g/mol. The number of sulfone groups is 1. The molecule has 0 amide bonds. The third-order valence-corrected chi connectivity index (χ3v) is 6.48. The van der Waals surface area contributed by atoms with Crippen molar-refractivity contribution in [3.05, 3.63) is 59.9 Å². The van der Waals surface area contributed by atoms with Crippen molar-refractivity contribution in [3.63, 3.8) is 0 Å². The van der Waals surface area contributed by atoms with Gasteiger partial charge < -0.3 is 14.8 Å². The number of nitrogens with zero attached hydrogens (tertiary/aromatic N) is 3. The van der Waals surface area contributed by atoms with Crippen LogP contribution in [0.1, 0.15) is 37.6 Å². The Hall–Kier alpha value is -2.19. The molecular weight excluding hydrogens is 416 g/mol. The van der Waals surface area contributed by atoms with Gasteiger partial charge in [0, 0.05) is 19.6 Å². The van der Waals surface area contributed by atoms with Gasteiger partial charge in [-0.25, -0.2) is 13.4 Å². The maximum atomic E-state index is 13.2. The summed E-state index contributed by atoms with van der Waals surface area (Å²) in [5.41, 5.74) is 2.61. The average Bonchev–Trinajstić information content (AvgIpc) is 3.04. The molecule has 2 rings (SSSR count). The molecule has 8 heteroatoms. The molecular formula is C22H32N4O2S2. The van der Waals surface area contributed by atoms with Gasteiger partial charge in [0.1, 0.15) is 0 Å². The van der Waals surface area contributed by atoms with Gasteiger partial charge in [0.15, 0.2) is 5.11 Å². The van der Waals surface area contributed by atoms with Crippen LogP contribution < -0.4 is 5.32 Å². The van der Waals surface area contributed by atoms with Crippen molar-refractivity contribution in [1.82, 2.24) is 19.8 Å². The number of benzene rings is 1. The van der Waals surface area contributed by atoms with Gasteiger partial charge in [-0.1, -0.05) is 49.8 Å². The van der Waals surface area contributed by atoms with Gasteiger partial charge in [0.25, 0.3) is 0 Å². The maximum Gasteiger partial charge on any atom is 0.228 e. The second kappa shape index (κ2) is 10.7. The molecule has 164 valence electrons. The summed E-state index contributed by atoms with van der Waals surface area (Å²) in [5, 5.41) is 3.87. The molecule has 0 unspecified atom stereocenters. The second-order valence-corrected chi connectivity index (χ2v) is 10.1. The highest BCUT2D eigenvalue weighted by Gasteiger charge is 2.25. The molecule has 1 heterocycles. The van der Waals surface area contributed by atoms with Crippen LogP contribution in [-0.2, 0) is 28.7 Å². The van der Waals surface area contributed by atoms with Crippen molar-refractivity contribution in [2.45, 2.75) is 51.7 Å². The lowest BCUT2D eigenvalue weighted by atomic mass is 10.2. The molecule has 0 aliphatic rings. The van der Waals surface area contributed by atoms with Crippen LogP contribution in [0.15, 0.2) is 48.3 Å². The fourth-order valence-electron chi connectivity index (χ4n) is 3.25. The van der Waals surface area contributed by atoms with E-state index in [0.717, 1.165) is 16.8 Å². The van der Waals surface area contributed by atoms with Gasteiger partial charge in [0.2, 0.25) is 15.0 Å². The van der Waals surface area contributed by atoms with E-state index < -0.39 is 9.84 Å². The Morgan fingerprint density at radius 3 is 2.73 bits per heavy atom. The van der Waals surface area contributed by atoms with Crippen molar-refractivity contribution in [2.75, 3.05) is 13.1 Å². The van der Waals surface area contributed by atoms with Gasteiger partial charge in [-0.3, -0.25) is 0 Å². The van der Waals surface area contributed by atoms with E-state index in [4.69, 9.17) is 12.2 Å². The zero-order chi connectivity index (χ0) is 22.3. The summed E-state index contributed by atoms with van der Waals surface area (Å²) in [6.07, 6.45) is 3.43. The summed E-state index contributed by atoms with van der Waals surface area (Å²) >= 11 is 5.47. The molecule has 0 fully saturated rings. The minimum atomic E-state index is -3.60. The molecule has 0 bridgehead atoms. The lowest BCUT2D eigenvalue weighted by Crippen LogP contribution is -2.39. The molecule has 0 saturated heterocycles. The Bertz CT molecular complexity index is 981. The second-order valence-electron chi connectivity index (χ2n) is 7.79. The first kappa shape index (κ1) is 24.1. The SMILES string of the molecule is C=CCN(Cc1cnc(S(=O)(=O)Cc2cccc(C)c2)n1CC(C)C)C(=S)NCC. The number of rotatable bonds is 10. The number of thiocarbonyl (C=S) groups is 1. The van der Waals surface area contributed by atoms with E-state index in [2.05, 4.69) is 30.7 Å². The minimum absolute atomic E-state index is 0.0740. The van der Waals surface area contributed by atoms with E-state index >= 15 is 0 Å². The van der Waals surface area contributed by atoms with Crippen LogP contribution in [0, 0.1) is 12.8 Å². The van der Waals surface area contributed by atoms with Crippen molar-refractivity contribution < 1.29 is 8.42 Å². The molecule has 2 aromatic rings. The number of hydrogen-bond donors (Lipinski definition) is 1. The lowest BCUT2D eigenvalue weighted by Gasteiger charge is -2.25. The molecule has 6 nitrogen and oxygen atoms in total. The Labute approximate surface area is 185 Å². The van der Waals surface area contributed by atoms with Crippen LogP contribution in [0.2, 0.25) is 0 Å². The minimum Gasteiger partial charge on any atom is -0.363 e. The van der Waals surface area contributed by atoms with Crippen LogP contribution in [0.25, 0.3) is 0 Å². The molecule has 0 radical (unpaired) electrons. The Morgan fingerprint density at radius 2 is 2.13 bits per heavy atom. The summed E-state index contributed by atoms with van der Waals surface area (Å²) < 4.78 is 28.3. The highest BCUT2D eigenvalue weighted by molar-refractivity contribution is 7.90. The fraction of sp³-hybridized carbons (Fsp3) is 0.455. The first-order valence-corrected chi connectivity index (χ1v) is 12.2. The van der Waals surface area contributed by atoms with Gasteiger partial charge in [-0.05, 0) is 37.5 Å². The lowest BCUT2D eigenvalue weighted by molar-refractivity contribution is 0.406. The van der Waals surface area contributed by atoms with Crippen molar-refractivity contribution in [3.8, 4) is 0 Å². The van der Waals surface area contributed by atoms with E-state index in [9.17, 15) is 8.42 Å². The third-order valence-electron chi connectivity index (χ3n) is 4.48. The van der Waals surface area contributed by atoms with Crippen molar-refractivity contribution in [2.24, 2.45) is 5.92 Å². The standard InChI is InChI=1S/C22H32N4O2S2/c1-6-11-25(21(29)23-7-2)15-20-13-24-22(26(20)14-17(3)4)30(27,28)16-19-10-8-9-18(5)12-19/h6,8-10,12-13,17H,1,7,11,14-16H2,2-5H3,(H,23,29). The summed E-state index contributed by atoms with van der Waals surface area (Å²) in [6, 6.07) is 7.56. The Morgan fingerprint density at radius 1 is 1.40 bits per heavy atom. The monoisotopic (exact) mass is 448 g/mol. The van der Waals surface area contributed by atoms with Crippen LogP contribution in [0.4, 0.5) is 0 Å². The molecule has 1 N–H and O–H groups in total. The number of aromatic nitrogens is 2. The van der Waals surface area contributed by atoms with E-state index in [1.54, 1.807) is 12.3 Å². The summed E-state index contributed by atoms with van der Waals surface area (Å²) in [6.45, 7) is 14.2. The number of aryl methyl sites for hydroxylation is 1. The van der Waals surface area contributed by atoms with E-state index in [1.807, 2.05) is 47.6 Å². The summed E-state index contributed by atoms with van der Waals surface area (Å²) in [4.78, 5) is 6.29. The predicted octanol–water partition coefficient (Wildman–Crippen LogP) is 3.70. The first-order chi connectivity index (χ1) is 14.2. The molecule has 0 aliphatic heterocycles. The Balaban J connectivity index is 2.40. The zero-order valence-corrected chi connectivity index (χ0v) is 19.9. The van der Waals surface area contributed by atoms with Gasteiger partial charge >= 0.3 is 0 Å². The van der Waals surface area contributed by atoms with Crippen molar-refractivity contribution >= 4 is 27.2 Å².